The van der Waals surface area contributed by atoms with Crippen LogP contribution in [0.25, 0.3) is 0 Å². The molecule has 0 saturated heterocycles. The van der Waals surface area contributed by atoms with Gasteiger partial charge >= 0.3 is 5.97 Å². The van der Waals surface area contributed by atoms with Crippen LogP contribution in [0.2, 0.25) is 0 Å². The molecule has 0 bridgehead atoms. The van der Waals surface area contributed by atoms with Crippen LogP contribution in [-0.4, -0.2) is 36.4 Å². The Morgan fingerprint density at radius 2 is 2.05 bits per heavy atom. The molecular weight excluding hydrogens is 242 g/mol. The second-order valence-electron chi connectivity index (χ2n) is 5.07. The van der Waals surface area contributed by atoms with Gasteiger partial charge in [-0.05, 0) is 32.3 Å². The highest BCUT2D eigenvalue weighted by atomic mass is 16.5. The van der Waals surface area contributed by atoms with Crippen molar-refractivity contribution in [2.75, 3.05) is 13.7 Å². The number of carbonyl (C=O) groups excluding carboxylic acids is 1. The van der Waals surface area contributed by atoms with Crippen LogP contribution in [0.1, 0.15) is 25.8 Å². The molecule has 19 heavy (non-hydrogen) atoms. The third-order valence-electron chi connectivity index (χ3n) is 3.13. The summed E-state index contributed by atoms with van der Waals surface area (Å²) in [6.07, 6.45) is 1.91. The molecule has 106 valence electrons. The normalized spacial score (nSPS) is 15.6. The molecule has 1 rings (SSSR count). The van der Waals surface area contributed by atoms with Crippen molar-refractivity contribution in [1.29, 1.82) is 0 Å². The van der Waals surface area contributed by atoms with E-state index in [2.05, 4.69) is 22.2 Å². The van der Waals surface area contributed by atoms with Crippen molar-refractivity contribution in [2.24, 2.45) is 0 Å². The fraction of sp³-hybridized carbons (Fsp3) is 0.533. The van der Waals surface area contributed by atoms with Gasteiger partial charge in [-0.3, -0.25) is 0 Å². The summed E-state index contributed by atoms with van der Waals surface area (Å²) < 4.78 is 4.55. The monoisotopic (exact) mass is 265 g/mol. The second-order valence-corrected chi connectivity index (χ2v) is 5.07. The van der Waals surface area contributed by atoms with Crippen LogP contribution in [0.3, 0.4) is 0 Å². The van der Waals surface area contributed by atoms with Crippen molar-refractivity contribution < 1.29 is 14.6 Å². The second kappa shape index (κ2) is 7.26. The van der Waals surface area contributed by atoms with Gasteiger partial charge in [-0.1, -0.05) is 30.3 Å². The largest absolute Gasteiger partial charge is 0.467 e. The quantitative estimate of drug-likeness (QED) is 0.734. The first-order chi connectivity index (χ1) is 8.95. The molecule has 0 spiro atoms. The minimum atomic E-state index is -1.48. The van der Waals surface area contributed by atoms with Crippen LogP contribution in [0, 0.1) is 0 Å². The lowest BCUT2D eigenvalue weighted by atomic mass is 10.0. The molecule has 0 radical (unpaired) electrons. The van der Waals surface area contributed by atoms with Gasteiger partial charge in [0.05, 0.1) is 7.11 Å². The molecule has 1 aromatic rings. The van der Waals surface area contributed by atoms with Crippen molar-refractivity contribution in [3.63, 3.8) is 0 Å². The smallest absolute Gasteiger partial charge is 0.338 e. The van der Waals surface area contributed by atoms with E-state index in [0.717, 1.165) is 12.8 Å². The van der Waals surface area contributed by atoms with Crippen LogP contribution in [0.4, 0.5) is 0 Å². The van der Waals surface area contributed by atoms with Crippen LogP contribution >= 0.6 is 0 Å². The van der Waals surface area contributed by atoms with Gasteiger partial charge in [0.2, 0.25) is 0 Å². The van der Waals surface area contributed by atoms with Gasteiger partial charge in [0.15, 0.2) is 5.60 Å². The van der Waals surface area contributed by atoms with E-state index in [-0.39, 0.29) is 12.6 Å². The molecule has 0 aromatic heterocycles. The van der Waals surface area contributed by atoms with E-state index in [4.69, 9.17) is 0 Å². The van der Waals surface area contributed by atoms with Crippen molar-refractivity contribution in [3.05, 3.63) is 35.9 Å². The molecule has 0 heterocycles. The molecule has 4 nitrogen and oxygen atoms in total. The van der Waals surface area contributed by atoms with E-state index < -0.39 is 11.6 Å². The molecule has 2 unspecified atom stereocenters. The Morgan fingerprint density at radius 3 is 2.63 bits per heavy atom. The van der Waals surface area contributed by atoms with Crippen LogP contribution in [0.15, 0.2) is 30.3 Å². The van der Waals surface area contributed by atoms with Crippen molar-refractivity contribution >= 4 is 5.97 Å². The van der Waals surface area contributed by atoms with E-state index in [1.807, 2.05) is 25.1 Å². The highest BCUT2D eigenvalue weighted by Gasteiger charge is 2.31. The maximum Gasteiger partial charge on any atom is 0.338 e. The number of hydrogen-bond acceptors (Lipinski definition) is 4. The molecule has 4 heteroatoms. The Bertz CT molecular complexity index is 390. The predicted molar refractivity (Wildman–Crippen MR) is 74.9 cm³/mol. The SMILES string of the molecule is COC(=O)C(C)(O)CNC(C)CCc1ccccc1. The lowest BCUT2D eigenvalue weighted by Gasteiger charge is -2.23. The Kier molecular flexibility index (Phi) is 5.99. The maximum absolute atomic E-state index is 11.3. The lowest BCUT2D eigenvalue weighted by Crippen LogP contribution is -2.47. The molecular formula is C15H23NO3. The third kappa shape index (κ3) is 5.41. The molecule has 0 fully saturated rings. The first kappa shape index (κ1) is 15.7. The van der Waals surface area contributed by atoms with Gasteiger partial charge in [-0.15, -0.1) is 0 Å². The van der Waals surface area contributed by atoms with E-state index in [1.165, 1.54) is 19.6 Å². The Labute approximate surface area is 114 Å². The number of esters is 1. The van der Waals surface area contributed by atoms with Crippen LogP contribution in [-0.2, 0) is 16.0 Å². The Hall–Kier alpha value is -1.39. The van der Waals surface area contributed by atoms with Crippen molar-refractivity contribution in [1.82, 2.24) is 5.32 Å². The first-order valence-corrected chi connectivity index (χ1v) is 6.54. The number of aliphatic hydroxyl groups is 1. The van der Waals surface area contributed by atoms with Gasteiger partial charge in [-0.2, -0.15) is 0 Å². The van der Waals surface area contributed by atoms with Crippen LogP contribution < -0.4 is 5.32 Å². The fourth-order valence-corrected chi connectivity index (χ4v) is 1.79. The van der Waals surface area contributed by atoms with Gasteiger partial charge in [0.1, 0.15) is 0 Å². The van der Waals surface area contributed by atoms with Gasteiger partial charge in [0.25, 0.3) is 0 Å². The Balaban J connectivity index is 2.32. The highest BCUT2D eigenvalue weighted by Crippen LogP contribution is 2.07. The topological polar surface area (TPSA) is 58.6 Å². The number of benzene rings is 1. The summed E-state index contributed by atoms with van der Waals surface area (Å²) in [7, 11) is 1.27. The molecule has 2 N–H and O–H groups in total. The van der Waals surface area contributed by atoms with E-state index in [9.17, 15) is 9.90 Å². The number of ether oxygens (including phenoxy) is 1. The van der Waals surface area contributed by atoms with Crippen molar-refractivity contribution in [3.8, 4) is 0 Å². The number of rotatable bonds is 7. The average Bonchev–Trinajstić information content (AvgIpc) is 2.43. The number of hydrogen-bond donors (Lipinski definition) is 2. The molecule has 0 saturated carbocycles. The minimum Gasteiger partial charge on any atom is -0.467 e. The molecule has 2 atom stereocenters. The Morgan fingerprint density at radius 1 is 1.42 bits per heavy atom. The molecule has 0 amide bonds. The summed E-state index contributed by atoms with van der Waals surface area (Å²) in [6, 6.07) is 10.5. The lowest BCUT2D eigenvalue weighted by molar-refractivity contribution is -0.160. The van der Waals surface area contributed by atoms with Gasteiger partial charge in [-0.25, -0.2) is 4.79 Å². The van der Waals surface area contributed by atoms with Crippen molar-refractivity contribution in [2.45, 2.75) is 38.3 Å². The average molecular weight is 265 g/mol. The molecule has 0 aliphatic rings. The molecule has 0 aliphatic carbocycles. The molecule has 1 aromatic carbocycles. The number of methoxy groups -OCH3 is 1. The zero-order chi connectivity index (χ0) is 14.3. The van der Waals surface area contributed by atoms with Gasteiger partial charge < -0.3 is 15.2 Å². The highest BCUT2D eigenvalue weighted by molar-refractivity contribution is 5.78. The third-order valence-corrected chi connectivity index (χ3v) is 3.13. The van der Waals surface area contributed by atoms with E-state index in [1.54, 1.807) is 0 Å². The first-order valence-electron chi connectivity index (χ1n) is 6.54. The van der Waals surface area contributed by atoms with Gasteiger partial charge in [0, 0.05) is 12.6 Å². The standard InChI is InChI=1S/C15H23NO3/c1-12(9-10-13-7-5-4-6-8-13)16-11-15(2,18)14(17)19-3/h4-8,12,16,18H,9-11H2,1-3H3. The zero-order valence-corrected chi connectivity index (χ0v) is 11.8. The van der Waals surface area contributed by atoms with E-state index in [0.29, 0.717) is 0 Å². The minimum absolute atomic E-state index is 0.190. The number of carbonyl (C=O) groups is 1. The summed E-state index contributed by atoms with van der Waals surface area (Å²) in [5, 5.41) is 13.0. The summed E-state index contributed by atoms with van der Waals surface area (Å²) in [6.45, 7) is 3.68. The van der Waals surface area contributed by atoms with Crippen LogP contribution in [0.5, 0.6) is 0 Å². The van der Waals surface area contributed by atoms with E-state index >= 15 is 0 Å². The summed E-state index contributed by atoms with van der Waals surface area (Å²) >= 11 is 0. The maximum atomic E-state index is 11.3. The zero-order valence-electron chi connectivity index (χ0n) is 11.8. The number of nitrogens with one attached hydrogen (secondary N) is 1. The summed E-state index contributed by atoms with van der Waals surface area (Å²) in [5.41, 5.74) is -0.189. The summed E-state index contributed by atoms with van der Waals surface area (Å²) in [5.74, 6) is -0.616. The molecule has 0 aliphatic heterocycles. The fourth-order valence-electron chi connectivity index (χ4n) is 1.79. The predicted octanol–water partition coefficient (Wildman–Crippen LogP) is 1.52. The number of aryl methyl sites for hydroxylation is 1. The summed E-state index contributed by atoms with van der Waals surface area (Å²) in [4.78, 5) is 11.3.